The summed E-state index contributed by atoms with van der Waals surface area (Å²) < 4.78 is 1.84. The number of aryl methyl sites for hydroxylation is 3. The predicted octanol–water partition coefficient (Wildman–Crippen LogP) is 3.20. The molecule has 0 atom stereocenters. The van der Waals surface area contributed by atoms with E-state index in [0.717, 1.165) is 35.4 Å². The van der Waals surface area contributed by atoms with Crippen molar-refractivity contribution < 1.29 is 4.79 Å². The van der Waals surface area contributed by atoms with E-state index in [2.05, 4.69) is 25.0 Å². The number of Topliss-reactive ketones (excluding diaryl/α,β-unsaturated/α-hetero) is 1. The summed E-state index contributed by atoms with van der Waals surface area (Å²) in [6.07, 6.45) is 1.80. The molecule has 1 heterocycles. The molecule has 2 rings (SSSR count). The molecule has 0 aliphatic carbocycles. The standard InChI is InChI=1S/C16H20N2O/c1-4-14-10-15(5-2)18(17-14)11-16(19)13-8-6-7-12(3)9-13/h6-10H,4-5,11H2,1-3H3. The first kappa shape index (κ1) is 13.5. The molecule has 3 nitrogen and oxygen atoms in total. The molecular weight excluding hydrogens is 236 g/mol. The van der Waals surface area contributed by atoms with Gasteiger partial charge in [0.05, 0.1) is 5.69 Å². The number of rotatable bonds is 5. The molecule has 1 aromatic carbocycles. The van der Waals surface area contributed by atoms with E-state index in [-0.39, 0.29) is 5.78 Å². The van der Waals surface area contributed by atoms with Crippen molar-refractivity contribution >= 4 is 5.78 Å². The van der Waals surface area contributed by atoms with Crippen molar-refractivity contribution in [2.45, 2.75) is 40.2 Å². The average molecular weight is 256 g/mol. The van der Waals surface area contributed by atoms with Crippen molar-refractivity contribution in [3.05, 3.63) is 52.8 Å². The fourth-order valence-electron chi connectivity index (χ4n) is 2.16. The van der Waals surface area contributed by atoms with E-state index in [1.807, 2.05) is 35.9 Å². The van der Waals surface area contributed by atoms with E-state index in [4.69, 9.17) is 0 Å². The molecule has 0 unspecified atom stereocenters. The SMILES string of the molecule is CCc1cc(CC)n(CC(=O)c2cccc(C)c2)n1. The molecule has 19 heavy (non-hydrogen) atoms. The molecule has 1 aromatic heterocycles. The van der Waals surface area contributed by atoms with Crippen molar-refractivity contribution in [1.82, 2.24) is 9.78 Å². The topological polar surface area (TPSA) is 34.9 Å². The highest BCUT2D eigenvalue weighted by Gasteiger charge is 2.11. The van der Waals surface area contributed by atoms with Crippen LogP contribution in [0.25, 0.3) is 0 Å². The number of aromatic nitrogens is 2. The Morgan fingerprint density at radius 3 is 2.63 bits per heavy atom. The first-order valence-corrected chi connectivity index (χ1v) is 6.79. The summed E-state index contributed by atoms with van der Waals surface area (Å²) >= 11 is 0. The van der Waals surface area contributed by atoms with E-state index < -0.39 is 0 Å². The lowest BCUT2D eigenvalue weighted by molar-refractivity contribution is 0.0966. The van der Waals surface area contributed by atoms with Crippen LogP contribution in [0.2, 0.25) is 0 Å². The maximum absolute atomic E-state index is 12.3. The molecule has 0 saturated heterocycles. The Morgan fingerprint density at radius 2 is 2.00 bits per heavy atom. The fraction of sp³-hybridized carbons (Fsp3) is 0.375. The van der Waals surface area contributed by atoms with Crippen molar-refractivity contribution in [2.75, 3.05) is 0 Å². The summed E-state index contributed by atoms with van der Waals surface area (Å²) in [6.45, 7) is 6.49. The number of ketones is 1. The molecule has 0 bridgehead atoms. The third-order valence-electron chi connectivity index (χ3n) is 3.27. The second-order valence-electron chi connectivity index (χ2n) is 4.78. The first-order valence-electron chi connectivity index (χ1n) is 6.79. The van der Waals surface area contributed by atoms with Gasteiger partial charge in [-0.15, -0.1) is 0 Å². The largest absolute Gasteiger partial charge is 0.292 e. The zero-order chi connectivity index (χ0) is 13.8. The van der Waals surface area contributed by atoms with Crippen LogP contribution in [0.4, 0.5) is 0 Å². The maximum Gasteiger partial charge on any atom is 0.184 e. The van der Waals surface area contributed by atoms with Crippen LogP contribution in [-0.4, -0.2) is 15.6 Å². The van der Waals surface area contributed by atoms with E-state index >= 15 is 0 Å². The summed E-state index contributed by atoms with van der Waals surface area (Å²) in [4.78, 5) is 12.3. The van der Waals surface area contributed by atoms with Crippen molar-refractivity contribution in [1.29, 1.82) is 0 Å². The summed E-state index contributed by atoms with van der Waals surface area (Å²) in [5.74, 6) is 0.115. The number of hydrogen-bond donors (Lipinski definition) is 0. The highest BCUT2D eigenvalue weighted by molar-refractivity contribution is 5.96. The molecular formula is C16H20N2O. The lowest BCUT2D eigenvalue weighted by Gasteiger charge is -2.06. The number of carbonyl (C=O) groups excluding carboxylic acids is 1. The molecule has 0 saturated carbocycles. The molecule has 2 aromatic rings. The van der Waals surface area contributed by atoms with Crippen LogP contribution < -0.4 is 0 Å². The van der Waals surface area contributed by atoms with Crippen LogP contribution in [0, 0.1) is 6.92 Å². The Morgan fingerprint density at radius 1 is 1.21 bits per heavy atom. The maximum atomic E-state index is 12.3. The Bertz CT molecular complexity index is 584. The first-order chi connectivity index (χ1) is 9.13. The molecule has 0 aliphatic heterocycles. The van der Waals surface area contributed by atoms with E-state index in [9.17, 15) is 4.79 Å². The van der Waals surface area contributed by atoms with Crippen molar-refractivity contribution in [3.63, 3.8) is 0 Å². The van der Waals surface area contributed by atoms with Gasteiger partial charge in [0, 0.05) is 11.3 Å². The van der Waals surface area contributed by atoms with Gasteiger partial charge in [-0.25, -0.2) is 0 Å². The van der Waals surface area contributed by atoms with Crippen LogP contribution >= 0.6 is 0 Å². The van der Waals surface area contributed by atoms with Gasteiger partial charge in [-0.2, -0.15) is 5.10 Å². The van der Waals surface area contributed by atoms with E-state index in [1.54, 1.807) is 0 Å². The van der Waals surface area contributed by atoms with Crippen molar-refractivity contribution in [2.24, 2.45) is 0 Å². The summed E-state index contributed by atoms with van der Waals surface area (Å²) in [5.41, 5.74) is 4.04. The minimum Gasteiger partial charge on any atom is -0.292 e. The van der Waals surface area contributed by atoms with Crippen LogP contribution in [0.1, 0.15) is 41.2 Å². The number of nitrogens with zero attached hydrogens (tertiary/aromatic N) is 2. The zero-order valence-corrected chi connectivity index (χ0v) is 11.8. The molecule has 3 heteroatoms. The van der Waals surface area contributed by atoms with E-state index in [0.29, 0.717) is 6.54 Å². The highest BCUT2D eigenvalue weighted by Crippen LogP contribution is 2.10. The van der Waals surface area contributed by atoms with Gasteiger partial charge in [-0.05, 0) is 31.9 Å². The monoisotopic (exact) mass is 256 g/mol. The molecule has 0 N–H and O–H groups in total. The molecule has 0 spiro atoms. The quantitative estimate of drug-likeness (QED) is 0.770. The summed E-state index contributed by atoms with van der Waals surface area (Å²) in [5, 5.41) is 4.48. The van der Waals surface area contributed by atoms with Gasteiger partial charge >= 0.3 is 0 Å². The van der Waals surface area contributed by atoms with Crippen LogP contribution in [-0.2, 0) is 19.4 Å². The van der Waals surface area contributed by atoms with Crippen LogP contribution in [0.3, 0.4) is 0 Å². The number of carbonyl (C=O) groups is 1. The molecule has 0 amide bonds. The Kier molecular flexibility index (Phi) is 4.15. The second-order valence-corrected chi connectivity index (χ2v) is 4.78. The third kappa shape index (κ3) is 3.11. The van der Waals surface area contributed by atoms with Crippen LogP contribution in [0.15, 0.2) is 30.3 Å². The minimum atomic E-state index is 0.115. The molecule has 0 aliphatic rings. The van der Waals surface area contributed by atoms with E-state index in [1.165, 1.54) is 0 Å². The number of hydrogen-bond acceptors (Lipinski definition) is 2. The van der Waals surface area contributed by atoms with Crippen LogP contribution in [0.5, 0.6) is 0 Å². The zero-order valence-electron chi connectivity index (χ0n) is 11.8. The van der Waals surface area contributed by atoms with Gasteiger partial charge in [0.1, 0.15) is 6.54 Å². The lowest BCUT2D eigenvalue weighted by atomic mass is 10.1. The van der Waals surface area contributed by atoms with Gasteiger partial charge in [0.2, 0.25) is 0 Å². The van der Waals surface area contributed by atoms with Gasteiger partial charge in [0.25, 0.3) is 0 Å². The predicted molar refractivity (Wildman–Crippen MR) is 76.5 cm³/mol. The summed E-state index contributed by atoms with van der Waals surface area (Å²) in [6, 6.07) is 9.80. The van der Waals surface area contributed by atoms with Gasteiger partial charge < -0.3 is 0 Å². The fourth-order valence-corrected chi connectivity index (χ4v) is 2.16. The molecule has 100 valence electrons. The third-order valence-corrected chi connectivity index (χ3v) is 3.27. The summed E-state index contributed by atoms with van der Waals surface area (Å²) in [7, 11) is 0. The molecule has 0 fully saturated rings. The lowest BCUT2D eigenvalue weighted by Crippen LogP contribution is -2.14. The van der Waals surface area contributed by atoms with Gasteiger partial charge in [-0.1, -0.05) is 37.6 Å². The highest BCUT2D eigenvalue weighted by atomic mass is 16.1. The second kappa shape index (κ2) is 5.83. The smallest absolute Gasteiger partial charge is 0.184 e. The minimum absolute atomic E-state index is 0.115. The Hall–Kier alpha value is -1.90. The van der Waals surface area contributed by atoms with Gasteiger partial charge in [0.15, 0.2) is 5.78 Å². The average Bonchev–Trinajstić information content (AvgIpc) is 2.81. The molecule has 0 radical (unpaired) electrons. The number of benzene rings is 1. The Labute approximate surface area is 114 Å². The van der Waals surface area contributed by atoms with Crippen molar-refractivity contribution in [3.8, 4) is 0 Å². The Balaban J connectivity index is 2.21. The normalized spacial score (nSPS) is 10.7. The van der Waals surface area contributed by atoms with Gasteiger partial charge in [-0.3, -0.25) is 9.48 Å².